The van der Waals surface area contributed by atoms with E-state index in [-0.39, 0.29) is 19.4 Å². The molecule has 1 aliphatic heterocycles. The van der Waals surface area contributed by atoms with Gasteiger partial charge in [0.05, 0.1) is 12.5 Å². The Morgan fingerprint density at radius 3 is 2.55 bits per heavy atom. The molecule has 1 spiro atoms. The van der Waals surface area contributed by atoms with Crippen molar-refractivity contribution in [1.82, 2.24) is 0 Å². The normalized spacial score (nSPS) is 22.8. The van der Waals surface area contributed by atoms with Crippen molar-refractivity contribution >= 4 is 50.9 Å². The Morgan fingerprint density at radius 1 is 1.19 bits per heavy atom. The van der Waals surface area contributed by atoms with Crippen molar-refractivity contribution in [2.75, 3.05) is 18.6 Å². The van der Waals surface area contributed by atoms with E-state index in [2.05, 4.69) is 15.9 Å². The predicted octanol–water partition coefficient (Wildman–Crippen LogP) is 4.55. The first-order valence-electron chi connectivity index (χ1n) is 10.0. The molecule has 2 atom stereocenters. The summed E-state index contributed by atoms with van der Waals surface area (Å²) in [7, 11) is 1.62. The molecular weight excluding hydrogens is 482 g/mol. The molecule has 0 radical (unpaired) electrons. The van der Waals surface area contributed by atoms with Crippen molar-refractivity contribution in [2.45, 2.75) is 25.2 Å². The Bertz CT molecular complexity index is 1110. The molecule has 2 aromatic carbocycles. The van der Waals surface area contributed by atoms with Gasteiger partial charge in [-0.15, -0.1) is 0 Å². The van der Waals surface area contributed by atoms with Crippen molar-refractivity contribution in [2.24, 2.45) is 5.92 Å². The highest BCUT2D eigenvalue weighted by Crippen LogP contribution is 2.53. The number of para-hydroxylation sites is 1. The molecule has 0 saturated carbocycles. The van der Waals surface area contributed by atoms with Crippen molar-refractivity contribution in [1.29, 1.82) is 0 Å². The molecule has 4 rings (SSSR count). The first-order valence-corrected chi connectivity index (χ1v) is 11.2. The van der Waals surface area contributed by atoms with Crippen molar-refractivity contribution in [3.8, 4) is 0 Å². The predicted molar refractivity (Wildman–Crippen MR) is 122 cm³/mol. The monoisotopic (exact) mass is 501 g/mol. The molecular formula is C24H21BrClNO4. The van der Waals surface area contributed by atoms with E-state index in [1.54, 1.807) is 38.2 Å². The minimum atomic E-state index is -1.67. The lowest BCUT2D eigenvalue weighted by molar-refractivity contribution is -0.156. The molecule has 160 valence electrons. The molecule has 1 heterocycles. The Labute approximate surface area is 194 Å². The Balaban J connectivity index is 1.89. The zero-order valence-corrected chi connectivity index (χ0v) is 19.5. The van der Waals surface area contributed by atoms with Gasteiger partial charge in [-0.1, -0.05) is 57.9 Å². The van der Waals surface area contributed by atoms with Gasteiger partial charge in [0.1, 0.15) is 0 Å². The fourth-order valence-electron chi connectivity index (χ4n) is 4.61. The zero-order chi connectivity index (χ0) is 22.3. The van der Waals surface area contributed by atoms with Gasteiger partial charge >= 0.3 is 5.97 Å². The summed E-state index contributed by atoms with van der Waals surface area (Å²) < 4.78 is 6.20. The van der Waals surface area contributed by atoms with Crippen molar-refractivity contribution < 1.29 is 19.1 Å². The number of allylic oxidation sites excluding steroid dienone is 2. The van der Waals surface area contributed by atoms with Crippen LogP contribution in [0.4, 0.5) is 5.69 Å². The number of carbonyl (C=O) groups excluding carboxylic acids is 3. The van der Waals surface area contributed by atoms with E-state index in [1.807, 2.05) is 24.3 Å². The fraction of sp³-hybridized carbons (Fsp3) is 0.292. The number of rotatable bonds is 4. The summed E-state index contributed by atoms with van der Waals surface area (Å²) in [5.74, 6) is -2.45. The van der Waals surface area contributed by atoms with Gasteiger partial charge in [-0.05, 0) is 37.1 Å². The van der Waals surface area contributed by atoms with Crippen LogP contribution in [0, 0.1) is 5.92 Å². The highest BCUT2D eigenvalue weighted by atomic mass is 79.9. The number of hydrogen-bond donors (Lipinski definition) is 0. The van der Waals surface area contributed by atoms with Gasteiger partial charge < -0.3 is 9.64 Å². The zero-order valence-electron chi connectivity index (χ0n) is 17.2. The van der Waals surface area contributed by atoms with E-state index in [0.29, 0.717) is 21.9 Å². The standard InChI is InChI=1S/C24H21BrClNO4/c1-3-31-22(29)18-13-19(26)16(12-14-8-10-15(25)11-9-14)21(28)24(18)17-6-4-5-7-20(17)27(2)23(24)30/h4-11,18H,3,12-13H2,1-2H3. The van der Waals surface area contributed by atoms with Crippen molar-refractivity contribution in [3.63, 3.8) is 0 Å². The van der Waals surface area contributed by atoms with Gasteiger partial charge in [0.25, 0.3) is 0 Å². The van der Waals surface area contributed by atoms with Crippen LogP contribution >= 0.6 is 27.5 Å². The summed E-state index contributed by atoms with van der Waals surface area (Å²) in [5, 5.41) is 0.302. The molecule has 0 bridgehead atoms. The largest absolute Gasteiger partial charge is 0.466 e. The number of halogens is 2. The number of ketones is 1. The SMILES string of the molecule is CCOC(=O)C1CC(Cl)=C(Cc2ccc(Br)cc2)C(=O)C12C(=O)N(C)c1ccccc12. The molecule has 2 aliphatic rings. The summed E-state index contributed by atoms with van der Waals surface area (Å²) in [6, 6.07) is 14.7. The Hall–Kier alpha value is -2.44. The quantitative estimate of drug-likeness (QED) is 0.454. The van der Waals surface area contributed by atoms with Gasteiger partial charge in [-0.25, -0.2) is 0 Å². The second-order valence-corrected chi connectivity index (χ2v) is 9.09. The molecule has 1 amide bonds. The number of Topliss-reactive ketones (excluding diaryl/α,β-unsaturated/α-hetero) is 1. The molecule has 0 fully saturated rings. The van der Waals surface area contributed by atoms with E-state index in [0.717, 1.165) is 10.0 Å². The summed E-state index contributed by atoms with van der Waals surface area (Å²) in [4.78, 5) is 42.1. The van der Waals surface area contributed by atoms with E-state index in [4.69, 9.17) is 16.3 Å². The number of hydrogen-bond acceptors (Lipinski definition) is 4. The first kappa shape index (κ1) is 21.8. The highest BCUT2D eigenvalue weighted by molar-refractivity contribution is 9.10. The molecule has 0 N–H and O–H groups in total. The number of ether oxygens (including phenoxy) is 1. The lowest BCUT2D eigenvalue weighted by atomic mass is 9.61. The number of likely N-dealkylation sites (N-methyl/N-ethyl adjacent to an activating group) is 1. The molecule has 2 unspecified atom stereocenters. The third-order valence-electron chi connectivity index (χ3n) is 6.06. The summed E-state index contributed by atoms with van der Waals surface area (Å²) in [5.41, 5.74) is 0.740. The van der Waals surface area contributed by atoms with Gasteiger partial charge in [0.15, 0.2) is 11.2 Å². The summed E-state index contributed by atoms with van der Waals surface area (Å²) >= 11 is 9.99. The number of fused-ring (bicyclic) bond motifs is 2. The van der Waals surface area contributed by atoms with E-state index < -0.39 is 29.0 Å². The maximum atomic E-state index is 14.1. The average Bonchev–Trinajstić information content (AvgIpc) is 2.98. The molecule has 5 nitrogen and oxygen atoms in total. The lowest BCUT2D eigenvalue weighted by Gasteiger charge is -2.38. The van der Waals surface area contributed by atoms with Crippen LogP contribution < -0.4 is 4.90 Å². The molecule has 1 aliphatic carbocycles. The minimum Gasteiger partial charge on any atom is -0.466 e. The summed E-state index contributed by atoms with van der Waals surface area (Å²) in [6.07, 6.45) is 0.354. The number of carbonyl (C=O) groups is 3. The Kier molecular flexibility index (Phi) is 5.79. The van der Waals surface area contributed by atoms with Gasteiger partial charge in [0.2, 0.25) is 5.91 Å². The van der Waals surface area contributed by atoms with Crippen LogP contribution in [0.5, 0.6) is 0 Å². The van der Waals surface area contributed by atoms with Crippen LogP contribution in [0.3, 0.4) is 0 Å². The molecule has 31 heavy (non-hydrogen) atoms. The number of nitrogens with zero attached hydrogens (tertiary/aromatic N) is 1. The van der Waals surface area contributed by atoms with Crippen LogP contribution in [0.1, 0.15) is 24.5 Å². The average molecular weight is 503 g/mol. The molecule has 0 saturated heterocycles. The topological polar surface area (TPSA) is 63.7 Å². The summed E-state index contributed by atoms with van der Waals surface area (Å²) in [6.45, 7) is 1.85. The molecule has 7 heteroatoms. The third-order valence-corrected chi connectivity index (χ3v) is 6.97. The lowest BCUT2D eigenvalue weighted by Crippen LogP contribution is -2.56. The number of anilines is 1. The highest BCUT2D eigenvalue weighted by Gasteiger charge is 2.64. The smallest absolute Gasteiger partial charge is 0.311 e. The van der Waals surface area contributed by atoms with Gasteiger partial charge in [0, 0.05) is 39.8 Å². The van der Waals surface area contributed by atoms with Crippen LogP contribution in [-0.4, -0.2) is 31.3 Å². The number of amides is 1. The number of benzene rings is 2. The molecule has 2 aromatic rings. The minimum absolute atomic E-state index is 0.0753. The van der Waals surface area contributed by atoms with Crippen molar-refractivity contribution in [3.05, 3.63) is 74.7 Å². The van der Waals surface area contributed by atoms with Crippen LogP contribution in [0.2, 0.25) is 0 Å². The van der Waals surface area contributed by atoms with Gasteiger partial charge in [-0.2, -0.15) is 0 Å². The maximum absolute atomic E-state index is 14.1. The van der Waals surface area contributed by atoms with Crippen LogP contribution in [0.25, 0.3) is 0 Å². The third kappa shape index (κ3) is 3.33. The van der Waals surface area contributed by atoms with E-state index in [9.17, 15) is 14.4 Å². The Morgan fingerprint density at radius 2 is 1.87 bits per heavy atom. The number of esters is 1. The second-order valence-electron chi connectivity index (χ2n) is 7.71. The van der Waals surface area contributed by atoms with Crippen LogP contribution in [-0.2, 0) is 31.0 Å². The van der Waals surface area contributed by atoms with Gasteiger partial charge in [-0.3, -0.25) is 14.4 Å². The van der Waals surface area contributed by atoms with E-state index in [1.165, 1.54) is 4.90 Å². The maximum Gasteiger partial charge on any atom is 0.311 e. The fourth-order valence-corrected chi connectivity index (χ4v) is 5.18. The second kappa shape index (κ2) is 8.24. The first-order chi connectivity index (χ1) is 14.8. The van der Waals surface area contributed by atoms with E-state index >= 15 is 0 Å². The molecule has 0 aromatic heterocycles. The van der Waals surface area contributed by atoms with Crippen LogP contribution in [0.15, 0.2) is 63.6 Å².